The molecule has 4 rings (SSSR count). The molecule has 4 aliphatic rings. The van der Waals surface area contributed by atoms with Gasteiger partial charge in [0.25, 0.3) is 0 Å². The highest BCUT2D eigenvalue weighted by molar-refractivity contribution is 5.01. The maximum absolute atomic E-state index is 11.1. The summed E-state index contributed by atoms with van der Waals surface area (Å²) in [6.07, 6.45) is 3.84. The molecule has 6 heteroatoms. The normalized spacial score (nSPS) is 46.9. The second kappa shape index (κ2) is 8.48. The lowest BCUT2D eigenvalue weighted by Gasteiger charge is -2.55. The maximum atomic E-state index is 11.1. The molecule has 28 heavy (non-hydrogen) atoms. The molecule has 8 unspecified atom stereocenters. The summed E-state index contributed by atoms with van der Waals surface area (Å²) in [5, 5.41) is 22.1. The molecule has 2 aliphatic heterocycles. The van der Waals surface area contributed by atoms with E-state index in [-0.39, 0.29) is 12.2 Å². The Morgan fingerprint density at radius 3 is 1.39 bits per heavy atom. The van der Waals surface area contributed by atoms with Crippen LogP contribution in [0, 0.1) is 23.7 Å². The third kappa shape index (κ3) is 3.88. The van der Waals surface area contributed by atoms with Gasteiger partial charge in [0.2, 0.25) is 0 Å². The number of nitrogens with zero attached hydrogens (tertiary/aromatic N) is 4. The first-order valence-electron chi connectivity index (χ1n) is 11.6. The Hall–Kier alpha value is -0.240. The van der Waals surface area contributed by atoms with E-state index in [1.165, 1.54) is 12.8 Å². The smallest absolute Gasteiger partial charge is 0.0701 e. The number of rotatable bonds is 3. The Morgan fingerprint density at radius 2 is 1.04 bits per heavy atom. The Kier molecular flexibility index (Phi) is 6.36. The molecular weight excluding hydrogens is 352 g/mol. The van der Waals surface area contributed by atoms with Gasteiger partial charge >= 0.3 is 0 Å². The summed E-state index contributed by atoms with van der Waals surface area (Å²) >= 11 is 0. The van der Waals surface area contributed by atoms with Crippen molar-refractivity contribution in [2.75, 3.05) is 53.6 Å². The SMILES string of the molecule is CCN1CN(C)CC2CC(C3CC(O)C4C(C3)CN(C)CN4CC)CC(O)C21. The van der Waals surface area contributed by atoms with Gasteiger partial charge in [-0.3, -0.25) is 19.6 Å². The highest BCUT2D eigenvalue weighted by atomic mass is 16.3. The predicted molar refractivity (Wildman–Crippen MR) is 112 cm³/mol. The van der Waals surface area contributed by atoms with E-state index in [0.29, 0.717) is 35.8 Å². The number of hydrogen-bond acceptors (Lipinski definition) is 6. The summed E-state index contributed by atoms with van der Waals surface area (Å²) in [5.74, 6) is 2.23. The molecule has 2 saturated heterocycles. The molecule has 6 nitrogen and oxygen atoms in total. The largest absolute Gasteiger partial charge is 0.391 e. The lowest BCUT2D eigenvalue weighted by Crippen LogP contribution is -2.63. The third-order valence-corrected chi connectivity index (χ3v) is 8.31. The van der Waals surface area contributed by atoms with E-state index in [2.05, 4.69) is 47.5 Å². The van der Waals surface area contributed by atoms with Gasteiger partial charge in [0, 0.05) is 25.2 Å². The van der Waals surface area contributed by atoms with Crippen molar-refractivity contribution in [2.45, 2.75) is 63.8 Å². The van der Waals surface area contributed by atoms with Crippen molar-refractivity contribution in [1.82, 2.24) is 19.6 Å². The summed E-state index contributed by atoms with van der Waals surface area (Å²) in [4.78, 5) is 9.77. The van der Waals surface area contributed by atoms with Crippen LogP contribution in [0.15, 0.2) is 0 Å². The van der Waals surface area contributed by atoms with Gasteiger partial charge in [0.1, 0.15) is 0 Å². The standard InChI is InChI=1S/C22H42N4O2/c1-5-25-13-23(3)11-17-7-15(9-19(27)21(17)25)16-8-18-12-24(4)14-26(6-2)22(18)20(28)10-16/h15-22,27-28H,5-14H2,1-4H3. The molecule has 0 aromatic heterocycles. The first kappa shape index (κ1) is 21.0. The van der Waals surface area contributed by atoms with Crippen LogP contribution in [0.1, 0.15) is 39.5 Å². The zero-order chi connectivity index (χ0) is 20.0. The minimum atomic E-state index is -0.214. The van der Waals surface area contributed by atoms with Gasteiger partial charge in [-0.1, -0.05) is 13.8 Å². The minimum Gasteiger partial charge on any atom is -0.391 e. The van der Waals surface area contributed by atoms with E-state index >= 15 is 0 Å². The second-order valence-electron chi connectivity index (χ2n) is 10.3. The van der Waals surface area contributed by atoms with Crippen molar-refractivity contribution in [1.29, 1.82) is 0 Å². The summed E-state index contributed by atoms with van der Waals surface area (Å²) in [5.41, 5.74) is 0. The van der Waals surface area contributed by atoms with E-state index < -0.39 is 0 Å². The van der Waals surface area contributed by atoms with Gasteiger partial charge in [-0.2, -0.15) is 0 Å². The number of aliphatic hydroxyl groups is 2. The van der Waals surface area contributed by atoms with Crippen LogP contribution in [0.4, 0.5) is 0 Å². The molecule has 0 spiro atoms. The van der Waals surface area contributed by atoms with Crippen LogP contribution in [0.3, 0.4) is 0 Å². The lowest BCUT2D eigenvalue weighted by molar-refractivity contribution is -0.119. The third-order valence-electron chi connectivity index (χ3n) is 8.31. The van der Waals surface area contributed by atoms with Gasteiger partial charge in [-0.05, 0) is 76.5 Å². The average molecular weight is 395 g/mol. The number of aliphatic hydroxyl groups excluding tert-OH is 2. The topological polar surface area (TPSA) is 53.4 Å². The van der Waals surface area contributed by atoms with Gasteiger partial charge in [0.05, 0.1) is 25.5 Å². The summed E-state index contributed by atoms with van der Waals surface area (Å²) < 4.78 is 0. The van der Waals surface area contributed by atoms with Crippen molar-refractivity contribution in [3.05, 3.63) is 0 Å². The van der Waals surface area contributed by atoms with Crippen LogP contribution in [0.5, 0.6) is 0 Å². The number of hydrogen-bond donors (Lipinski definition) is 2. The fourth-order valence-corrected chi connectivity index (χ4v) is 7.34. The fraction of sp³-hybridized carbons (Fsp3) is 1.00. The number of likely N-dealkylation sites (N-methyl/N-ethyl adjacent to an activating group) is 2. The van der Waals surface area contributed by atoms with Crippen LogP contribution in [-0.2, 0) is 0 Å². The molecule has 0 aromatic carbocycles. The Balaban J connectivity index is 1.46. The van der Waals surface area contributed by atoms with E-state index in [1.807, 2.05) is 0 Å². The van der Waals surface area contributed by atoms with Crippen molar-refractivity contribution < 1.29 is 10.2 Å². The Bertz CT molecular complexity index is 489. The maximum Gasteiger partial charge on any atom is 0.0701 e. The van der Waals surface area contributed by atoms with Gasteiger partial charge < -0.3 is 10.2 Å². The van der Waals surface area contributed by atoms with Crippen molar-refractivity contribution in [3.8, 4) is 0 Å². The molecule has 2 heterocycles. The lowest BCUT2D eigenvalue weighted by atomic mass is 9.63. The zero-order valence-corrected chi connectivity index (χ0v) is 18.4. The molecule has 8 atom stereocenters. The molecule has 0 amide bonds. The van der Waals surface area contributed by atoms with Gasteiger partial charge in [-0.25, -0.2) is 0 Å². The fourth-order valence-electron chi connectivity index (χ4n) is 7.34. The molecular formula is C22H42N4O2. The Morgan fingerprint density at radius 1 is 0.643 bits per heavy atom. The summed E-state index contributed by atoms with van der Waals surface area (Å²) in [6, 6.07) is 0.658. The van der Waals surface area contributed by atoms with Crippen LogP contribution < -0.4 is 0 Å². The summed E-state index contributed by atoms with van der Waals surface area (Å²) in [6.45, 7) is 10.6. The van der Waals surface area contributed by atoms with E-state index in [4.69, 9.17) is 0 Å². The Labute approximate surface area is 171 Å². The molecule has 4 fully saturated rings. The molecule has 0 aromatic rings. The van der Waals surface area contributed by atoms with Gasteiger partial charge in [0.15, 0.2) is 0 Å². The number of fused-ring (bicyclic) bond motifs is 2. The van der Waals surface area contributed by atoms with E-state index in [9.17, 15) is 10.2 Å². The summed E-state index contributed by atoms with van der Waals surface area (Å²) in [7, 11) is 4.42. The highest BCUT2D eigenvalue weighted by Gasteiger charge is 2.49. The van der Waals surface area contributed by atoms with Crippen LogP contribution in [0.2, 0.25) is 0 Å². The molecule has 2 aliphatic carbocycles. The highest BCUT2D eigenvalue weighted by Crippen LogP contribution is 2.46. The van der Waals surface area contributed by atoms with E-state index in [0.717, 1.165) is 52.4 Å². The molecule has 2 saturated carbocycles. The minimum absolute atomic E-state index is 0.214. The van der Waals surface area contributed by atoms with Gasteiger partial charge in [-0.15, -0.1) is 0 Å². The van der Waals surface area contributed by atoms with Crippen molar-refractivity contribution >= 4 is 0 Å². The molecule has 2 N–H and O–H groups in total. The van der Waals surface area contributed by atoms with Crippen molar-refractivity contribution in [2.24, 2.45) is 23.7 Å². The monoisotopic (exact) mass is 394 g/mol. The van der Waals surface area contributed by atoms with Crippen LogP contribution in [-0.4, -0.2) is 108 Å². The first-order valence-corrected chi connectivity index (χ1v) is 11.6. The predicted octanol–water partition coefficient (Wildman–Crippen LogP) is 0.947. The van der Waals surface area contributed by atoms with Crippen molar-refractivity contribution in [3.63, 3.8) is 0 Å². The molecule has 162 valence electrons. The first-order chi connectivity index (χ1) is 13.4. The molecule has 0 bridgehead atoms. The zero-order valence-electron chi connectivity index (χ0n) is 18.4. The van der Waals surface area contributed by atoms with E-state index in [1.54, 1.807) is 0 Å². The second-order valence-corrected chi connectivity index (χ2v) is 10.3. The quantitative estimate of drug-likeness (QED) is 0.743. The van der Waals surface area contributed by atoms with Crippen LogP contribution in [0.25, 0.3) is 0 Å². The molecule has 0 radical (unpaired) electrons. The van der Waals surface area contributed by atoms with Crippen LogP contribution >= 0.6 is 0 Å². The average Bonchev–Trinajstić information content (AvgIpc) is 2.65.